The molecule has 0 aliphatic carbocycles. The van der Waals surface area contributed by atoms with Crippen LogP contribution in [0.25, 0.3) is 0 Å². The van der Waals surface area contributed by atoms with Crippen LogP contribution in [0.4, 0.5) is 10.1 Å². The van der Waals surface area contributed by atoms with Crippen molar-refractivity contribution in [3.8, 4) is 0 Å². The summed E-state index contributed by atoms with van der Waals surface area (Å²) in [5.41, 5.74) is 7.51. The number of hydrogen-bond donors (Lipinski definition) is 1. The van der Waals surface area contributed by atoms with E-state index in [1.165, 1.54) is 0 Å². The molecule has 2 fully saturated rings. The lowest BCUT2D eigenvalue weighted by molar-refractivity contribution is 0.122. The van der Waals surface area contributed by atoms with E-state index in [-0.39, 0.29) is 5.82 Å². The summed E-state index contributed by atoms with van der Waals surface area (Å²) in [5, 5.41) is 0. The topological polar surface area (TPSA) is 54.1 Å². The Labute approximate surface area is 140 Å². The van der Waals surface area contributed by atoms with Crippen LogP contribution < -0.4 is 10.6 Å². The first-order valence-electron chi connectivity index (χ1n) is 7.98. The van der Waals surface area contributed by atoms with Crippen molar-refractivity contribution in [3.05, 3.63) is 29.6 Å². The van der Waals surface area contributed by atoms with E-state index in [1.54, 1.807) is 6.07 Å². The molecule has 2 aliphatic heterocycles. The number of rotatable bonds is 3. The number of aliphatic imine (C=N–C) groups is 1. The lowest BCUT2D eigenvalue weighted by Gasteiger charge is -2.29. The van der Waals surface area contributed by atoms with E-state index in [1.807, 2.05) is 28.8 Å². The number of benzene rings is 1. The normalized spacial score (nSPS) is 20.0. The molecule has 0 atom stereocenters. The minimum absolute atomic E-state index is 0.201. The zero-order valence-electron chi connectivity index (χ0n) is 13.2. The van der Waals surface area contributed by atoms with Crippen molar-refractivity contribution in [2.45, 2.75) is 6.54 Å². The highest BCUT2D eigenvalue weighted by Crippen LogP contribution is 2.22. The zero-order chi connectivity index (χ0) is 16.1. The average Bonchev–Trinajstić information content (AvgIpc) is 2.61. The number of nitrogens with zero attached hydrogens (tertiary/aromatic N) is 3. The molecule has 2 aliphatic rings. The van der Waals surface area contributed by atoms with Crippen molar-refractivity contribution < 1.29 is 9.13 Å². The summed E-state index contributed by atoms with van der Waals surface area (Å²) in [4.78, 5) is 8.52. The summed E-state index contributed by atoms with van der Waals surface area (Å²) in [5.74, 6) is 2.52. The molecule has 2 saturated heterocycles. The van der Waals surface area contributed by atoms with Crippen LogP contribution in [0.1, 0.15) is 5.56 Å². The van der Waals surface area contributed by atoms with Gasteiger partial charge in [0.1, 0.15) is 5.82 Å². The molecule has 23 heavy (non-hydrogen) atoms. The van der Waals surface area contributed by atoms with Crippen LogP contribution >= 0.6 is 11.8 Å². The molecule has 0 aromatic heterocycles. The molecule has 0 spiro atoms. The molecule has 5 nitrogen and oxygen atoms in total. The summed E-state index contributed by atoms with van der Waals surface area (Å²) in [6.07, 6.45) is 0. The van der Waals surface area contributed by atoms with Gasteiger partial charge in [-0.15, -0.1) is 0 Å². The largest absolute Gasteiger partial charge is 0.378 e. The Hall–Kier alpha value is -1.47. The van der Waals surface area contributed by atoms with Gasteiger partial charge in [0.15, 0.2) is 5.96 Å². The molecule has 3 rings (SSSR count). The molecule has 2 N–H and O–H groups in total. The van der Waals surface area contributed by atoms with Crippen molar-refractivity contribution >= 4 is 23.4 Å². The van der Waals surface area contributed by atoms with Gasteiger partial charge in [-0.1, -0.05) is 6.07 Å². The molecule has 7 heteroatoms. The molecule has 1 aromatic carbocycles. The second-order valence-corrected chi connectivity index (χ2v) is 6.88. The third-order valence-electron chi connectivity index (χ3n) is 4.12. The highest BCUT2D eigenvalue weighted by atomic mass is 32.2. The summed E-state index contributed by atoms with van der Waals surface area (Å²) < 4.78 is 19.6. The summed E-state index contributed by atoms with van der Waals surface area (Å²) in [7, 11) is 0. The first-order valence-corrected chi connectivity index (χ1v) is 9.13. The lowest BCUT2D eigenvalue weighted by Crippen LogP contribution is -2.42. The van der Waals surface area contributed by atoms with Crippen LogP contribution in [0, 0.1) is 5.82 Å². The SMILES string of the molecule is NC(=NCc1ccc(N2CCOCC2)c(F)c1)N1CCSCC1. The standard InChI is InChI=1S/C16H23FN4OS/c17-14-11-13(1-2-15(14)20-3-7-22-8-4-20)12-19-16(18)21-5-9-23-10-6-21/h1-2,11H,3-10,12H2,(H2,18,19). The number of guanidine groups is 1. The highest BCUT2D eigenvalue weighted by Gasteiger charge is 2.15. The van der Waals surface area contributed by atoms with Gasteiger partial charge in [0.05, 0.1) is 25.4 Å². The summed E-state index contributed by atoms with van der Waals surface area (Å²) in [6.45, 7) is 5.04. The number of thioether (sulfide) groups is 1. The van der Waals surface area contributed by atoms with Crippen LogP contribution in [0.3, 0.4) is 0 Å². The van der Waals surface area contributed by atoms with Gasteiger partial charge >= 0.3 is 0 Å². The maximum Gasteiger partial charge on any atom is 0.191 e. The van der Waals surface area contributed by atoms with Gasteiger partial charge in [0, 0.05) is 37.7 Å². The summed E-state index contributed by atoms with van der Waals surface area (Å²) in [6, 6.07) is 5.32. The van der Waals surface area contributed by atoms with Crippen molar-refractivity contribution in [1.82, 2.24) is 4.90 Å². The summed E-state index contributed by atoms with van der Waals surface area (Å²) >= 11 is 1.93. The fourth-order valence-electron chi connectivity index (χ4n) is 2.77. The maximum atomic E-state index is 14.3. The molecule has 2 heterocycles. The third kappa shape index (κ3) is 4.29. The Morgan fingerprint density at radius 2 is 1.96 bits per heavy atom. The highest BCUT2D eigenvalue weighted by molar-refractivity contribution is 7.99. The van der Waals surface area contributed by atoms with E-state index in [9.17, 15) is 4.39 Å². The number of morpholine rings is 1. The fraction of sp³-hybridized carbons (Fsp3) is 0.562. The van der Waals surface area contributed by atoms with Gasteiger partial charge in [-0.2, -0.15) is 11.8 Å². The lowest BCUT2D eigenvalue weighted by atomic mass is 10.1. The van der Waals surface area contributed by atoms with E-state index in [4.69, 9.17) is 10.5 Å². The Morgan fingerprint density at radius 1 is 1.22 bits per heavy atom. The maximum absolute atomic E-state index is 14.3. The molecule has 0 unspecified atom stereocenters. The van der Waals surface area contributed by atoms with Crippen molar-refractivity contribution in [2.75, 3.05) is 55.8 Å². The molecule has 0 amide bonds. The van der Waals surface area contributed by atoms with E-state index < -0.39 is 0 Å². The van der Waals surface area contributed by atoms with Crippen LogP contribution in [0.2, 0.25) is 0 Å². The second-order valence-electron chi connectivity index (χ2n) is 5.66. The Balaban J connectivity index is 1.63. The van der Waals surface area contributed by atoms with Crippen LogP contribution in [-0.2, 0) is 11.3 Å². The number of nitrogens with two attached hydrogens (primary N) is 1. The minimum Gasteiger partial charge on any atom is -0.378 e. The predicted octanol–water partition coefficient (Wildman–Crippen LogP) is 1.53. The van der Waals surface area contributed by atoms with Crippen molar-refractivity contribution in [3.63, 3.8) is 0 Å². The molecular weight excluding hydrogens is 315 g/mol. The quantitative estimate of drug-likeness (QED) is 0.669. The Bertz CT molecular complexity index is 557. The second kappa shape index (κ2) is 7.88. The van der Waals surface area contributed by atoms with E-state index >= 15 is 0 Å². The molecule has 126 valence electrons. The van der Waals surface area contributed by atoms with Gasteiger partial charge in [0.2, 0.25) is 0 Å². The first-order chi connectivity index (χ1) is 11.2. The number of ether oxygens (including phenoxy) is 1. The number of hydrogen-bond acceptors (Lipinski definition) is 4. The molecular formula is C16H23FN4OS. The number of halogens is 1. The van der Waals surface area contributed by atoms with E-state index in [2.05, 4.69) is 9.89 Å². The van der Waals surface area contributed by atoms with Gasteiger partial charge in [-0.3, -0.25) is 0 Å². The van der Waals surface area contributed by atoms with Gasteiger partial charge in [0.25, 0.3) is 0 Å². The minimum atomic E-state index is -0.201. The predicted molar refractivity (Wildman–Crippen MR) is 93.7 cm³/mol. The molecule has 0 saturated carbocycles. The molecule has 0 bridgehead atoms. The van der Waals surface area contributed by atoms with Crippen molar-refractivity contribution in [1.29, 1.82) is 0 Å². The smallest absolute Gasteiger partial charge is 0.191 e. The van der Waals surface area contributed by atoms with Gasteiger partial charge in [-0.05, 0) is 17.7 Å². The van der Waals surface area contributed by atoms with Gasteiger partial charge in [-0.25, -0.2) is 9.38 Å². The average molecular weight is 338 g/mol. The first kappa shape index (κ1) is 16.4. The molecule has 0 radical (unpaired) electrons. The van der Waals surface area contributed by atoms with E-state index in [0.29, 0.717) is 31.4 Å². The zero-order valence-corrected chi connectivity index (χ0v) is 14.0. The van der Waals surface area contributed by atoms with Crippen LogP contribution in [-0.4, -0.2) is 61.8 Å². The fourth-order valence-corrected chi connectivity index (χ4v) is 3.68. The third-order valence-corrected chi connectivity index (χ3v) is 5.07. The van der Waals surface area contributed by atoms with Crippen LogP contribution in [0.5, 0.6) is 0 Å². The van der Waals surface area contributed by atoms with E-state index in [0.717, 1.165) is 43.2 Å². The Morgan fingerprint density at radius 3 is 2.65 bits per heavy atom. The Kier molecular flexibility index (Phi) is 5.61. The molecule has 1 aromatic rings. The number of anilines is 1. The monoisotopic (exact) mass is 338 g/mol. The van der Waals surface area contributed by atoms with Crippen molar-refractivity contribution in [2.24, 2.45) is 10.7 Å². The van der Waals surface area contributed by atoms with Crippen LogP contribution in [0.15, 0.2) is 23.2 Å². The van der Waals surface area contributed by atoms with Gasteiger partial charge < -0.3 is 20.3 Å².